The van der Waals surface area contributed by atoms with E-state index in [-0.39, 0.29) is 5.70 Å². The third-order valence-electron chi connectivity index (χ3n) is 6.02. The molecule has 0 spiro atoms. The highest BCUT2D eigenvalue weighted by atomic mass is 32.2. The lowest BCUT2D eigenvalue weighted by Gasteiger charge is -2.33. The van der Waals surface area contributed by atoms with Crippen LogP contribution < -0.4 is 0 Å². The molecule has 0 fully saturated rings. The summed E-state index contributed by atoms with van der Waals surface area (Å²) in [6.45, 7) is 0. The molecule has 166 valence electrons. The van der Waals surface area contributed by atoms with Gasteiger partial charge in [-0.05, 0) is 29.7 Å². The van der Waals surface area contributed by atoms with E-state index >= 15 is 0 Å². The second kappa shape index (κ2) is 8.22. The standard InChI is InChI=1S/C25H21N3O4S/c29-28(30)24-12-6-2-8-19(24)14-16-33(31,32)27-15-13-18-7-1-3-9-20(18)25(27)22-17-26-23-11-5-4-10-21(22)23/h1-7,9-17,19,25-26H,8H2/b16-14+. The van der Waals surface area contributed by atoms with Crippen LogP contribution in [0.15, 0.2) is 96.3 Å². The van der Waals surface area contributed by atoms with Crippen LogP contribution in [0.5, 0.6) is 0 Å². The molecule has 0 saturated carbocycles. The number of aromatic nitrogens is 1. The lowest BCUT2D eigenvalue weighted by molar-refractivity contribution is -0.432. The third-order valence-corrected chi connectivity index (χ3v) is 7.44. The number of sulfonamides is 1. The van der Waals surface area contributed by atoms with E-state index in [1.54, 1.807) is 24.4 Å². The van der Waals surface area contributed by atoms with Crippen molar-refractivity contribution in [3.63, 3.8) is 0 Å². The molecular weight excluding hydrogens is 438 g/mol. The minimum Gasteiger partial charge on any atom is -0.361 e. The Labute approximate surface area is 191 Å². The van der Waals surface area contributed by atoms with Gasteiger partial charge in [0.15, 0.2) is 0 Å². The minimum atomic E-state index is -3.94. The van der Waals surface area contributed by atoms with Gasteiger partial charge in [-0.3, -0.25) is 14.4 Å². The number of hydrogen-bond acceptors (Lipinski definition) is 4. The van der Waals surface area contributed by atoms with Crippen molar-refractivity contribution in [2.24, 2.45) is 5.92 Å². The van der Waals surface area contributed by atoms with Gasteiger partial charge in [-0.1, -0.05) is 60.7 Å². The Kier molecular flexibility index (Phi) is 5.22. The van der Waals surface area contributed by atoms with Crippen molar-refractivity contribution in [1.82, 2.24) is 9.29 Å². The fourth-order valence-corrected chi connectivity index (χ4v) is 5.70. The second-order valence-electron chi connectivity index (χ2n) is 7.96. The minimum absolute atomic E-state index is 0.0170. The normalized spacial score (nSPS) is 20.2. The summed E-state index contributed by atoms with van der Waals surface area (Å²) < 4.78 is 28.4. The summed E-state index contributed by atoms with van der Waals surface area (Å²) in [6.07, 6.45) is 11.8. The van der Waals surface area contributed by atoms with Gasteiger partial charge in [-0.15, -0.1) is 0 Å². The van der Waals surface area contributed by atoms with Crippen molar-refractivity contribution in [2.45, 2.75) is 12.5 Å². The lowest BCUT2D eigenvalue weighted by Crippen LogP contribution is -2.32. The molecule has 5 rings (SSSR count). The molecular formula is C25H21N3O4S. The Bertz CT molecular complexity index is 1460. The first-order valence-electron chi connectivity index (χ1n) is 10.5. The summed E-state index contributed by atoms with van der Waals surface area (Å²) in [5.74, 6) is -0.604. The number of aromatic amines is 1. The molecule has 1 N–H and O–H groups in total. The van der Waals surface area contributed by atoms with Crippen molar-refractivity contribution in [3.05, 3.63) is 123 Å². The van der Waals surface area contributed by atoms with Crippen LogP contribution in [0, 0.1) is 16.0 Å². The first-order valence-corrected chi connectivity index (χ1v) is 12.0. The SMILES string of the molecule is O=[N+]([O-])C1=CC=CCC1/C=C/S(=O)(=O)N1C=Cc2ccccc2C1c1c[nH]c2ccccc12. The van der Waals surface area contributed by atoms with Gasteiger partial charge in [0, 0.05) is 40.3 Å². The van der Waals surface area contributed by atoms with Gasteiger partial charge in [0.1, 0.15) is 0 Å². The topological polar surface area (TPSA) is 96.3 Å². The molecule has 1 aromatic heterocycles. The number of nitro groups is 1. The van der Waals surface area contributed by atoms with Gasteiger partial charge < -0.3 is 4.98 Å². The van der Waals surface area contributed by atoms with Crippen LogP contribution in [0.1, 0.15) is 29.2 Å². The maximum Gasteiger partial charge on any atom is 0.257 e. The summed E-state index contributed by atoms with van der Waals surface area (Å²) in [4.78, 5) is 14.1. The average molecular weight is 460 g/mol. The maximum atomic E-state index is 13.5. The molecule has 7 nitrogen and oxygen atoms in total. The maximum absolute atomic E-state index is 13.5. The lowest BCUT2D eigenvalue weighted by atomic mass is 9.92. The Morgan fingerprint density at radius 3 is 2.73 bits per heavy atom. The summed E-state index contributed by atoms with van der Waals surface area (Å²) in [5.41, 5.74) is 3.55. The molecule has 1 aliphatic carbocycles. The molecule has 2 heterocycles. The van der Waals surface area contributed by atoms with Crippen LogP contribution in [-0.2, 0) is 10.0 Å². The van der Waals surface area contributed by atoms with E-state index in [0.717, 1.165) is 33.0 Å². The van der Waals surface area contributed by atoms with E-state index in [0.29, 0.717) is 6.42 Å². The molecule has 0 amide bonds. The smallest absolute Gasteiger partial charge is 0.257 e. The largest absolute Gasteiger partial charge is 0.361 e. The van der Waals surface area contributed by atoms with E-state index in [2.05, 4.69) is 4.98 Å². The molecule has 2 aliphatic rings. The van der Waals surface area contributed by atoms with Crippen molar-refractivity contribution in [2.75, 3.05) is 0 Å². The molecule has 0 radical (unpaired) electrons. The highest BCUT2D eigenvalue weighted by Gasteiger charge is 2.34. The fraction of sp³-hybridized carbons (Fsp3) is 0.120. The van der Waals surface area contributed by atoms with E-state index < -0.39 is 26.9 Å². The zero-order chi connectivity index (χ0) is 23.0. The van der Waals surface area contributed by atoms with Crippen molar-refractivity contribution in [3.8, 4) is 0 Å². The molecule has 8 heteroatoms. The van der Waals surface area contributed by atoms with Crippen LogP contribution >= 0.6 is 0 Å². The predicted molar refractivity (Wildman–Crippen MR) is 128 cm³/mol. The third kappa shape index (κ3) is 3.78. The second-order valence-corrected chi connectivity index (χ2v) is 9.68. The zero-order valence-electron chi connectivity index (χ0n) is 17.5. The number of para-hydroxylation sites is 1. The Balaban J connectivity index is 1.58. The van der Waals surface area contributed by atoms with E-state index in [1.807, 2.05) is 54.7 Å². The monoisotopic (exact) mass is 459 g/mol. The number of allylic oxidation sites excluding steroid dienone is 4. The van der Waals surface area contributed by atoms with Gasteiger partial charge >= 0.3 is 0 Å². The zero-order valence-corrected chi connectivity index (χ0v) is 18.4. The molecule has 3 aromatic rings. The number of fused-ring (bicyclic) bond motifs is 2. The summed E-state index contributed by atoms with van der Waals surface area (Å²) >= 11 is 0. The molecule has 2 atom stereocenters. The van der Waals surface area contributed by atoms with Crippen LogP contribution in [-0.4, -0.2) is 22.6 Å². The van der Waals surface area contributed by atoms with Crippen LogP contribution in [0.2, 0.25) is 0 Å². The molecule has 2 unspecified atom stereocenters. The highest BCUT2D eigenvalue weighted by Crippen LogP contribution is 2.40. The quantitative estimate of drug-likeness (QED) is 0.423. The molecule has 0 bridgehead atoms. The number of hydrogen-bond donors (Lipinski definition) is 1. The van der Waals surface area contributed by atoms with Gasteiger partial charge in [-0.2, -0.15) is 0 Å². The highest BCUT2D eigenvalue weighted by molar-refractivity contribution is 7.92. The van der Waals surface area contributed by atoms with E-state index in [9.17, 15) is 18.5 Å². The number of rotatable bonds is 5. The van der Waals surface area contributed by atoms with Crippen LogP contribution in [0.4, 0.5) is 0 Å². The number of nitrogens with zero attached hydrogens (tertiary/aromatic N) is 2. The van der Waals surface area contributed by atoms with E-state index in [4.69, 9.17) is 0 Å². The van der Waals surface area contributed by atoms with Crippen LogP contribution in [0.25, 0.3) is 17.0 Å². The van der Waals surface area contributed by atoms with Crippen molar-refractivity contribution in [1.29, 1.82) is 0 Å². The number of benzene rings is 2. The van der Waals surface area contributed by atoms with Gasteiger partial charge in [-0.25, -0.2) is 8.42 Å². The van der Waals surface area contributed by atoms with Gasteiger partial charge in [0.2, 0.25) is 0 Å². The molecule has 33 heavy (non-hydrogen) atoms. The number of H-pyrrole nitrogens is 1. The molecule has 0 saturated heterocycles. The summed E-state index contributed by atoms with van der Waals surface area (Å²) in [5, 5.41) is 13.4. The fourth-order valence-electron chi connectivity index (χ4n) is 4.42. The van der Waals surface area contributed by atoms with Gasteiger partial charge in [0.05, 0.1) is 16.9 Å². The molecule has 1 aliphatic heterocycles. The summed E-state index contributed by atoms with van der Waals surface area (Å²) in [6, 6.07) is 14.9. The van der Waals surface area contributed by atoms with E-state index in [1.165, 1.54) is 16.5 Å². The Morgan fingerprint density at radius 2 is 1.88 bits per heavy atom. The first kappa shape index (κ1) is 21.0. The van der Waals surface area contributed by atoms with Crippen LogP contribution in [0.3, 0.4) is 0 Å². The first-order chi connectivity index (χ1) is 16.0. The molecule has 2 aromatic carbocycles. The average Bonchev–Trinajstić information content (AvgIpc) is 3.26. The Hall–Kier alpha value is -3.91. The number of nitrogens with one attached hydrogen (secondary N) is 1. The Morgan fingerprint density at radius 1 is 1.09 bits per heavy atom. The summed E-state index contributed by atoms with van der Waals surface area (Å²) in [7, 11) is -3.94. The van der Waals surface area contributed by atoms with Crippen molar-refractivity contribution < 1.29 is 13.3 Å². The van der Waals surface area contributed by atoms with Crippen molar-refractivity contribution >= 4 is 27.0 Å². The predicted octanol–water partition coefficient (Wildman–Crippen LogP) is 5.12. The van der Waals surface area contributed by atoms with Gasteiger partial charge in [0.25, 0.3) is 15.7 Å².